The summed E-state index contributed by atoms with van der Waals surface area (Å²) in [5.74, 6) is -0.0889. The minimum atomic E-state index is -3.55. The fourth-order valence-electron chi connectivity index (χ4n) is 2.08. The van der Waals surface area contributed by atoms with Crippen molar-refractivity contribution in [1.82, 2.24) is 8.96 Å². The molecular weight excluding hydrogens is 376 g/mol. The molecule has 0 fully saturated rings. The highest BCUT2D eigenvalue weighted by molar-refractivity contribution is 9.10. The second-order valence-electron chi connectivity index (χ2n) is 4.54. The summed E-state index contributed by atoms with van der Waals surface area (Å²) >= 11 is 9.25. The molecule has 3 rings (SSSR count). The molecule has 0 aliphatic carbocycles. The van der Waals surface area contributed by atoms with Crippen LogP contribution in [0.4, 0.5) is 0 Å². The van der Waals surface area contributed by atoms with Gasteiger partial charge in [-0.3, -0.25) is 0 Å². The van der Waals surface area contributed by atoms with Crippen molar-refractivity contribution in [2.24, 2.45) is 0 Å². The molecule has 0 saturated heterocycles. The van der Waals surface area contributed by atoms with Crippen LogP contribution in [0.25, 0.3) is 11.0 Å². The summed E-state index contributed by atoms with van der Waals surface area (Å²) < 4.78 is 27.0. The predicted molar refractivity (Wildman–Crippen MR) is 86.9 cm³/mol. The molecule has 2 heterocycles. The Morgan fingerprint density at radius 2 is 1.95 bits per heavy atom. The Labute approximate surface area is 135 Å². The number of pyridine rings is 1. The van der Waals surface area contributed by atoms with Crippen LogP contribution in [0, 0.1) is 0 Å². The molecule has 108 valence electrons. The van der Waals surface area contributed by atoms with Crippen LogP contribution >= 0.6 is 27.5 Å². The predicted octanol–water partition coefficient (Wildman–Crippen LogP) is 3.83. The minimum Gasteiger partial charge on any atom is -0.236 e. The van der Waals surface area contributed by atoms with Gasteiger partial charge >= 0.3 is 0 Å². The van der Waals surface area contributed by atoms with Gasteiger partial charge in [-0.25, -0.2) is 17.4 Å². The average molecular weight is 386 g/mol. The van der Waals surface area contributed by atoms with E-state index in [-0.39, 0.29) is 5.75 Å². The van der Waals surface area contributed by atoms with Gasteiger partial charge in [0.25, 0.3) is 0 Å². The van der Waals surface area contributed by atoms with Crippen LogP contribution in [0.2, 0.25) is 5.02 Å². The number of aromatic nitrogens is 2. The van der Waals surface area contributed by atoms with Crippen molar-refractivity contribution in [2.45, 2.75) is 5.75 Å². The smallest absolute Gasteiger partial charge is 0.236 e. The van der Waals surface area contributed by atoms with Crippen molar-refractivity contribution in [3.63, 3.8) is 0 Å². The molecule has 1 aromatic carbocycles. The maximum atomic E-state index is 12.6. The van der Waals surface area contributed by atoms with E-state index in [4.69, 9.17) is 11.6 Å². The van der Waals surface area contributed by atoms with Gasteiger partial charge < -0.3 is 0 Å². The minimum absolute atomic E-state index is 0.0889. The van der Waals surface area contributed by atoms with Crippen LogP contribution in [0.15, 0.2) is 53.3 Å². The van der Waals surface area contributed by atoms with Gasteiger partial charge in [-0.2, -0.15) is 0 Å². The summed E-state index contributed by atoms with van der Waals surface area (Å²) in [5.41, 5.74) is 1.09. The molecule has 0 N–H and O–H groups in total. The van der Waals surface area contributed by atoms with Gasteiger partial charge in [0.15, 0.2) is 5.65 Å². The van der Waals surface area contributed by atoms with Gasteiger partial charge in [0.2, 0.25) is 10.0 Å². The lowest BCUT2D eigenvalue weighted by molar-refractivity contribution is 0.588. The Morgan fingerprint density at radius 1 is 1.24 bits per heavy atom. The Hall–Kier alpha value is -1.37. The number of hydrogen-bond donors (Lipinski definition) is 0. The highest BCUT2D eigenvalue weighted by atomic mass is 79.9. The zero-order valence-corrected chi connectivity index (χ0v) is 13.9. The van der Waals surface area contributed by atoms with Crippen molar-refractivity contribution in [2.75, 3.05) is 0 Å². The average Bonchev–Trinajstić information content (AvgIpc) is 2.77. The van der Waals surface area contributed by atoms with Gasteiger partial charge in [0.1, 0.15) is 0 Å². The van der Waals surface area contributed by atoms with Crippen molar-refractivity contribution >= 4 is 48.6 Å². The van der Waals surface area contributed by atoms with Gasteiger partial charge in [-0.15, -0.1) is 0 Å². The highest BCUT2D eigenvalue weighted by Crippen LogP contribution is 2.28. The summed E-state index contributed by atoms with van der Waals surface area (Å²) in [5, 5.41) is 1.13. The van der Waals surface area contributed by atoms with E-state index >= 15 is 0 Å². The SMILES string of the molecule is O=S(=O)(Cc1ccccc1)n1cc(Br)c2cc(Cl)cnc21. The van der Waals surface area contributed by atoms with Gasteiger partial charge in [0, 0.05) is 22.3 Å². The van der Waals surface area contributed by atoms with Gasteiger partial charge in [-0.05, 0) is 27.6 Å². The zero-order chi connectivity index (χ0) is 15.0. The third kappa shape index (κ3) is 2.84. The lowest BCUT2D eigenvalue weighted by Gasteiger charge is -2.06. The lowest BCUT2D eigenvalue weighted by atomic mass is 10.2. The van der Waals surface area contributed by atoms with Crippen molar-refractivity contribution in [3.05, 3.63) is 63.9 Å². The molecule has 0 spiro atoms. The molecule has 0 radical (unpaired) electrons. The molecule has 21 heavy (non-hydrogen) atoms. The van der Waals surface area contributed by atoms with Crippen LogP contribution in [0.5, 0.6) is 0 Å². The van der Waals surface area contributed by atoms with Crippen molar-refractivity contribution < 1.29 is 8.42 Å². The fourth-order valence-corrected chi connectivity index (χ4v) is 4.30. The van der Waals surface area contributed by atoms with E-state index in [1.807, 2.05) is 18.2 Å². The first-order valence-electron chi connectivity index (χ1n) is 6.07. The zero-order valence-electron chi connectivity index (χ0n) is 10.7. The monoisotopic (exact) mass is 384 g/mol. The van der Waals surface area contributed by atoms with Crippen molar-refractivity contribution in [1.29, 1.82) is 0 Å². The topological polar surface area (TPSA) is 52.0 Å². The standard InChI is InChI=1S/C14H10BrClN2O2S/c15-13-8-18(14-12(13)6-11(16)7-17-14)21(19,20)9-10-4-2-1-3-5-10/h1-8H,9H2. The molecule has 2 aromatic heterocycles. The summed E-state index contributed by atoms with van der Waals surface area (Å²) in [4.78, 5) is 4.13. The van der Waals surface area contributed by atoms with Crippen LogP contribution in [-0.2, 0) is 15.8 Å². The molecule has 0 aliphatic heterocycles. The van der Waals surface area contributed by atoms with E-state index in [1.165, 1.54) is 16.4 Å². The number of fused-ring (bicyclic) bond motifs is 1. The molecule has 0 saturated carbocycles. The summed E-state index contributed by atoms with van der Waals surface area (Å²) in [6.07, 6.45) is 2.94. The second kappa shape index (κ2) is 5.44. The van der Waals surface area contributed by atoms with Crippen LogP contribution < -0.4 is 0 Å². The summed E-state index contributed by atoms with van der Waals surface area (Å²) in [6, 6.07) is 10.7. The summed E-state index contributed by atoms with van der Waals surface area (Å²) in [7, 11) is -3.55. The second-order valence-corrected chi connectivity index (χ2v) is 7.68. The maximum absolute atomic E-state index is 12.6. The normalized spacial score (nSPS) is 11.9. The first kappa shape index (κ1) is 14.6. The molecule has 0 aliphatic rings. The molecule has 4 nitrogen and oxygen atoms in total. The molecule has 0 amide bonds. The number of rotatable bonds is 3. The maximum Gasteiger partial charge on any atom is 0.244 e. The van der Waals surface area contributed by atoms with E-state index in [0.717, 1.165) is 5.56 Å². The molecule has 3 aromatic rings. The number of hydrogen-bond acceptors (Lipinski definition) is 3. The molecule has 0 unspecified atom stereocenters. The van der Waals surface area contributed by atoms with E-state index in [1.54, 1.807) is 18.2 Å². The molecule has 0 bridgehead atoms. The van der Waals surface area contributed by atoms with Crippen LogP contribution in [0.3, 0.4) is 0 Å². The van der Waals surface area contributed by atoms with Gasteiger partial charge in [-0.1, -0.05) is 41.9 Å². The quantitative estimate of drug-likeness (QED) is 0.688. The molecule has 7 heteroatoms. The Bertz CT molecular complexity index is 907. The number of benzene rings is 1. The Kier molecular flexibility index (Phi) is 3.77. The number of nitrogens with zero attached hydrogens (tertiary/aromatic N) is 2. The molecular formula is C14H10BrClN2O2S. The van der Waals surface area contributed by atoms with Crippen molar-refractivity contribution in [3.8, 4) is 0 Å². The Balaban J connectivity index is 2.11. The first-order valence-corrected chi connectivity index (χ1v) is 8.85. The number of halogens is 2. The van der Waals surface area contributed by atoms with Crippen LogP contribution in [0.1, 0.15) is 5.56 Å². The third-order valence-corrected chi connectivity index (χ3v) is 5.44. The van der Waals surface area contributed by atoms with E-state index in [9.17, 15) is 8.42 Å². The van der Waals surface area contributed by atoms with Crippen LogP contribution in [-0.4, -0.2) is 17.4 Å². The highest BCUT2D eigenvalue weighted by Gasteiger charge is 2.20. The Morgan fingerprint density at radius 3 is 2.67 bits per heavy atom. The largest absolute Gasteiger partial charge is 0.244 e. The fraction of sp³-hybridized carbons (Fsp3) is 0.0714. The summed E-state index contributed by atoms with van der Waals surface area (Å²) in [6.45, 7) is 0. The van der Waals surface area contributed by atoms with E-state index < -0.39 is 10.0 Å². The third-order valence-electron chi connectivity index (χ3n) is 3.02. The first-order chi connectivity index (χ1) is 9.97. The van der Waals surface area contributed by atoms with E-state index in [0.29, 0.717) is 20.5 Å². The van der Waals surface area contributed by atoms with Gasteiger partial charge in [0.05, 0.1) is 10.8 Å². The molecule has 0 atom stereocenters. The van der Waals surface area contributed by atoms with E-state index in [2.05, 4.69) is 20.9 Å². The lowest BCUT2D eigenvalue weighted by Crippen LogP contribution is -2.14.